The van der Waals surface area contributed by atoms with Gasteiger partial charge in [-0.05, 0) is 32.0 Å². The number of nitrogens with zero attached hydrogens (tertiary/aromatic N) is 5. The largest absolute Gasteiger partial charge is 0.316 e. The molecule has 0 saturated carbocycles. The third-order valence-electron chi connectivity index (χ3n) is 4.93. The molecule has 0 aliphatic rings. The van der Waals surface area contributed by atoms with E-state index in [1.807, 2.05) is 30.3 Å². The number of para-hydroxylation sites is 1. The van der Waals surface area contributed by atoms with Crippen molar-refractivity contribution in [3.63, 3.8) is 0 Å². The Morgan fingerprint density at radius 3 is 2.43 bits per heavy atom. The van der Waals surface area contributed by atoms with Gasteiger partial charge in [0.05, 0.1) is 28.8 Å². The molecule has 0 unspecified atom stereocenters. The van der Waals surface area contributed by atoms with Gasteiger partial charge in [-0.3, -0.25) is 19.1 Å². The average Bonchev–Trinajstić information content (AvgIpc) is 3.22. The van der Waals surface area contributed by atoms with Crippen LogP contribution in [-0.2, 0) is 7.05 Å². The summed E-state index contributed by atoms with van der Waals surface area (Å²) in [6.45, 7) is 3.46. The molecule has 0 aliphatic carbocycles. The SMILES string of the molecule is Cc1c(C(=O)Nc2c(C)n(C)n(-c3ccccc3)c2=O)cnn1-c1ccc(=O)[nH]n1. The lowest BCUT2D eigenvalue weighted by Gasteiger charge is -2.07. The second kappa shape index (κ2) is 7.32. The van der Waals surface area contributed by atoms with Gasteiger partial charge >= 0.3 is 0 Å². The first-order chi connectivity index (χ1) is 14.4. The third-order valence-corrected chi connectivity index (χ3v) is 4.93. The first-order valence-corrected chi connectivity index (χ1v) is 9.14. The predicted octanol–water partition coefficient (Wildman–Crippen LogP) is 1.31. The fourth-order valence-corrected chi connectivity index (χ4v) is 3.21. The zero-order valence-electron chi connectivity index (χ0n) is 16.6. The highest BCUT2D eigenvalue weighted by Crippen LogP contribution is 2.17. The van der Waals surface area contributed by atoms with E-state index in [1.165, 1.54) is 27.7 Å². The van der Waals surface area contributed by atoms with E-state index in [0.717, 1.165) is 0 Å². The molecule has 0 atom stereocenters. The number of anilines is 1. The summed E-state index contributed by atoms with van der Waals surface area (Å²) >= 11 is 0. The van der Waals surface area contributed by atoms with Crippen LogP contribution >= 0.6 is 0 Å². The smallest absolute Gasteiger partial charge is 0.295 e. The Morgan fingerprint density at radius 1 is 1.03 bits per heavy atom. The van der Waals surface area contributed by atoms with Crippen molar-refractivity contribution < 1.29 is 4.79 Å². The normalized spacial score (nSPS) is 10.9. The van der Waals surface area contributed by atoms with Crippen molar-refractivity contribution in [3.8, 4) is 11.5 Å². The lowest BCUT2D eigenvalue weighted by molar-refractivity contribution is 0.102. The van der Waals surface area contributed by atoms with Gasteiger partial charge in [0, 0.05) is 13.1 Å². The molecular weight excluding hydrogens is 386 g/mol. The van der Waals surface area contributed by atoms with Gasteiger partial charge in [-0.1, -0.05) is 18.2 Å². The molecule has 1 aromatic carbocycles. The van der Waals surface area contributed by atoms with Crippen molar-refractivity contribution in [2.75, 3.05) is 5.32 Å². The van der Waals surface area contributed by atoms with E-state index >= 15 is 0 Å². The van der Waals surface area contributed by atoms with Gasteiger partial charge in [0.1, 0.15) is 5.69 Å². The monoisotopic (exact) mass is 405 g/mol. The topological polar surface area (TPSA) is 120 Å². The summed E-state index contributed by atoms with van der Waals surface area (Å²) in [5, 5.41) is 13.1. The maximum Gasteiger partial charge on any atom is 0.295 e. The zero-order valence-corrected chi connectivity index (χ0v) is 16.6. The lowest BCUT2D eigenvalue weighted by Crippen LogP contribution is -2.23. The molecule has 152 valence electrons. The van der Waals surface area contributed by atoms with Crippen LogP contribution in [0.2, 0.25) is 0 Å². The van der Waals surface area contributed by atoms with Crippen LogP contribution in [0.5, 0.6) is 0 Å². The maximum atomic E-state index is 13.0. The Labute approximate surface area is 170 Å². The molecule has 3 heterocycles. The van der Waals surface area contributed by atoms with Gasteiger partial charge in [-0.25, -0.2) is 14.5 Å². The number of aromatic nitrogens is 6. The molecule has 2 N–H and O–H groups in total. The van der Waals surface area contributed by atoms with Crippen LogP contribution in [0.15, 0.2) is 58.3 Å². The molecule has 1 amide bonds. The minimum atomic E-state index is -0.464. The standard InChI is InChI=1S/C20H19N7O3/c1-12-15(11-21-26(12)16-9-10-17(28)24-23-16)19(29)22-18-13(2)25(3)27(20(18)30)14-7-5-4-6-8-14/h4-11H,1-3H3,(H,22,29)(H,24,28). The van der Waals surface area contributed by atoms with E-state index < -0.39 is 5.91 Å². The molecule has 0 fully saturated rings. The average molecular weight is 405 g/mol. The van der Waals surface area contributed by atoms with Crippen LogP contribution in [0.3, 0.4) is 0 Å². The molecule has 3 aromatic heterocycles. The summed E-state index contributed by atoms with van der Waals surface area (Å²) in [5.41, 5.74) is 1.64. The summed E-state index contributed by atoms with van der Waals surface area (Å²) in [6, 6.07) is 12.0. The van der Waals surface area contributed by atoms with E-state index in [1.54, 1.807) is 25.6 Å². The Morgan fingerprint density at radius 2 is 1.77 bits per heavy atom. The maximum absolute atomic E-state index is 13.0. The summed E-state index contributed by atoms with van der Waals surface area (Å²) < 4.78 is 4.62. The number of hydrogen-bond donors (Lipinski definition) is 2. The number of H-pyrrole nitrogens is 1. The number of rotatable bonds is 4. The zero-order chi connectivity index (χ0) is 21.4. The van der Waals surface area contributed by atoms with Crippen molar-refractivity contribution in [3.05, 3.63) is 86.3 Å². The molecule has 4 aromatic rings. The van der Waals surface area contributed by atoms with Crippen molar-refractivity contribution >= 4 is 11.6 Å². The minimum Gasteiger partial charge on any atom is -0.316 e. The number of benzene rings is 1. The van der Waals surface area contributed by atoms with Crippen LogP contribution in [0.25, 0.3) is 11.5 Å². The highest BCUT2D eigenvalue weighted by molar-refractivity contribution is 6.05. The Balaban J connectivity index is 1.68. The summed E-state index contributed by atoms with van der Waals surface area (Å²) in [4.78, 5) is 37.1. The molecule has 0 aliphatic heterocycles. The third kappa shape index (κ3) is 3.13. The van der Waals surface area contributed by atoms with Gasteiger partial charge in [0.25, 0.3) is 17.0 Å². The minimum absolute atomic E-state index is 0.195. The number of hydrogen-bond acceptors (Lipinski definition) is 5. The van der Waals surface area contributed by atoms with Crippen LogP contribution < -0.4 is 16.4 Å². The quantitative estimate of drug-likeness (QED) is 0.531. The van der Waals surface area contributed by atoms with E-state index in [2.05, 4.69) is 20.6 Å². The van der Waals surface area contributed by atoms with E-state index in [9.17, 15) is 14.4 Å². The molecule has 4 rings (SSSR count). The van der Waals surface area contributed by atoms with E-state index in [0.29, 0.717) is 22.9 Å². The first kappa shape index (κ1) is 19.1. The molecule has 0 bridgehead atoms. The van der Waals surface area contributed by atoms with Crippen molar-refractivity contribution in [2.24, 2.45) is 7.05 Å². The van der Waals surface area contributed by atoms with Gasteiger partial charge in [0.15, 0.2) is 5.82 Å². The molecular formula is C20H19N7O3. The second-order valence-electron chi connectivity index (χ2n) is 6.73. The fourth-order valence-electron chi connectivity index (χ4n) is 3.21. The highest BCUT2D eigenvalue weighted by Gasteiger charge is 2.21. The van der Waals surface area contributed by atoms with E-state index in [-0.39, 0.29) is 22.4 Å². The molecule has 0 spiro atoms. The number of aromatic amines is 1. The van der Waals surface area contributed by atoms with Gasteiger partial charge < -0.3 is 5.32 Å². The summed E-state index contributed by atoms with van der Waals surface area (Å²) in [6.07, 6.45) is 1.39. The van der Waals surface area contributed by atoms with Crippen LogP contribution in [0.1, 0.15) is 21.7 Å². The second-order valence-corrected chi connectivity index (χ2v) is 6.73. The Hall–Kier alpha value is -4.21. The number of carbonyl (C=O) groups is 1. The van der Waals surface area contributed by atoms with Crippen LogP contribution in [-0.4, -0.2) is 35.2 Å². The van der Waals surface area contributed by atoms with Crippen molar-refractivity contribution in [2.45, 2.75) is 13.8 Å². The molecule has 0 saturated heterocycles. The number of amides is 1. The van der Waals surface area contributed by atoms with Gasteiger partial charge in [-0.2, -0.15) is 10.2 Å². The van der Waals surface area contributed by atoms with Crippen LogP contribution in [0.4, 0.5) is 5.69 Å². The Kier molecular flexibility index (Phi) is 4.66. The summed E-state index contributed by atoms with van der Waals surface area (Å²) in [7, 11) is 1.75. The molecule has 0 radical (unpaired) electrons. The number of carbonyl (C=O) groups excluding carboxylic acids is 1. The number of nitrogens with one attached hydrogen (secondary N) is 2. The van der Waals surface area contributed by atoms with E-state index in [4.69, 9.17) is 0 Å². The van der Waals surface area contributed by atoms with Gasteiger partial charge in [0.2, 0.25) is 0 Å². The van der Waals surface area contributed by atoms with Crippen molar-refractivity contribution in [1.29, 1.82) is 0 Å². The van der Waals surface area contributed by atoms with Gasteiger partial charge in [-0.15, -0.1) is 0 Å². The van der Waals surface area contributed by atoms with Crippen LogP contribution in [0, 0.1) is 13.8 Å². The summed E-state index contributed by atoms with van der Waals surface area (Å²) in [5.74, 6) is -0.0948. The molecule has 10 heteroatoms. The molecule has 30 heavy (non-hydrogen) atoms. The lowest BCUT2D eigenvalue weighted by atomic mass is 10.2. The predicted molar refractivity (Wildman–Crippen MR) is 110 cm³/mol. The molecule has 10 nitrogen and oxygen atoms in total. The Bertz CT molecular complexity index is 1340. The van der Waals surface area contributed by atoms with Crippen molar-refractivity contribution in [1.82, 2.24) is 29.3 Å². The first-order valence-electron chi connectivity index (χ1n) is 9.14. The fraction of sp³-hybridized carbons (Fsp3) is 0.150. The highest BCUT2D eigenvalue weighted by atomic mass is 16.2.